The summed E-state index contributed by atoms with van der Waals surface area (Å²) < 4.78 is 0. The zero-order valence-electron chi connectivity index (χ0n) is 28.7. The zero-order chi connectivity index (χ0) is 34.6. The highest BCUT2D eigenvalue weighted by molar-refractivity contribution is 7.98. The van der Waals surface area contributed by atoms with Crippen LogP contribution in [0.2, 0.25) is 0 Å². The van der Waals surface area contributed by atoms with Crippen molar-refractivity contribution in [3.8, 4) is 0 Å². The molecule has 9 N–H and O–H groups in total. The van der Waals surface area contributed by atoms with Crippen molar-refractivity contribution in [1.29, 1.82) is 0 Å². The number of carboxylic acids is 1. The summed E-state index contributed by atoms with van der Waals surface area (Å²) in [6.45, 7) is 2.91. The third-order valence-electron chi connectivity index (χ3n) is 8.28. The van der Waals surface area contributed by atoms with Gasteiger partial charge in [-0.2, -0.15) is 16.8 Å². The van der Waals surface area contributed by atoms with Crippen molar-refractivity contribution in [3.05, 3.63) is 0 Å². The lowest BCUT2D eigenvalue weighted by atomic mass is 9.84. The number of hydroxylamine groups is 2. The fraction of sp³-hybridized carbons (Fsp3) is 0.879. The standard InChI is InChI=1S/C33H65N5O7S/c1-3-4-5-6-7-8-9-10-11-12-13-14-15-21-29(39)33(32(42)43,23-17-19-25-35)38(30(40)27(36)22-26-46-2)45-44-31(41)28(37)20-16-18-24-34/h27-28H,3-26,34-37H2,1-2H3,(H,42,43)/t27-,28-,33+/m0/s1. The number of Topliss-reactive ketones (excluding diaryl/α,β-unsaturated/α-hetero) is 1. The maximum Gasteiger partial charge on any atom is 0.361 e. The Bertz CT molecular complexity index is 838. The monoisotopic (exact) mass is 675 g/mol. The predicted molar refractivity (Wildman–Crippen MR) is 184 cm³/mol. The number of rotatable bonds is 32. The van der Waals surface area contributed by atoms with Gasteiger partial charge in [-0.05, 0) is 70.0 Å². The molecule has 0 spiro atoms. The van der Waals surface area contributed by atoms with Crippen molar-refractivity contribution >= 4 is 35.4 Å². The van der Waals surface area contributed by atoms with Crippen molar-refractivity contribution in [1.82, 2.24) is 5.06 Å². The highest BCUT2D eigenvalue weighted by atomic mass is 32.2. The summed E-state index contributed by atoms with van der Waals surface area (Å²) in [6.07, 6.45) is 18.2. The summed E-state index contributed by atoms with van der Waals surface area (Å²) in [6, 6.07) is -2.28. The number of nitrogens with two attached hydrogens (primary N) is 4. The average molecular weight is 676 g/mol. The first-order valence-electron chi connectivity index (χ1n) is 17.5. The number of carbonyl (C=O) groups is 4. The van der Waals surface area contributed by atoms with E-state index in [2.05, 4.69) is 6.92 Å². The van der Waals surface area contributed by atoms with Gasteiger partial charge in [0.25, 0.3) is 5.91 Å². The predicted octanol–water partition coefficient (Wildman–Crippen LogP) is 4.74. The van der Waals surface area contributed by atoms with Gasteiger partial charge in [-0.15, -0.1) is 0 Å². The van der Waals surface area contributed by atoms with E-state index >= 15 is 0 Å². The van der Waals surface area contributed by atoms with Crippen LogP contribution in [0.5, 0.6) is 0 Å². The van der Waals surface area contributed by atoms with Crippen LogP contribution in [0.15, 0.2) is 0 Å². The van der Waals surface area contributed by atoms with Crippen molar-refractivity contribution in [3.63, 3.8) is 0 Å². The minimum absolute atomic E-state index is 0.0908. The van der Waals surface area contributed by atoms with Gasteiger partial charge >= 0.3 is 11.9 Å². The molecule has 0 aromatic rings. The number of hydrogen-bond donors (Lipinski definition) is 5. The van der Waals surface area contributed by atoms with Crippen LogP contribution >= 0.6 is 11.8 Å². The SMILES string of the molecule is CCCCCCCCCCCCCCCC(=O)[C@](CCCCN)(C(=O)O)N(OOC(=O)[C@@H](N)CCCCN)C(=O)[C@@H](N)CCSC. The van der Waals surface area contributed by atoms with Gasteiger partial charge in [0.05, 0.1) is 6.04 Å². The lowest BCUT2D eigenvalue weighted by molar-refractivity contribution is -0.399. The highest BCUT2D eigenvalue weighted by Gasteiger charge is 2.55. The molecule has 0 aliphatic heterocycles. The molecule has 1 amide bonds. The second-order valence-electron chi connectivity index (χ2n) is 12.2. The van der Waals surface area contributed by atoms with Crippen LogP contribution in [0.25, 0.3) is 0 Å². The van der Waals surface area contributed by atoms with E-state index < -0.39 is 41.3 Å². The lowest BCUT2D eigenvalue weighted by Crippen LogP contribution is -2.64. The molecular weight excluding hydrogens is 610 g/mol. The maximum atomic E-state index is 13.8. The van der Waals surface area contributed by atoms with Gasteiger partial charge in [-0.3, -0.25) is 14.5 Å². The van der Waals surface area contributed by atoms with Crippen molar-refractivity contribution in [2.45, 2.75) is 159 Å². The molecule has 0 rings (SSSR count). The van der Waals surface area contributed by atoms with Gasteiger partial charge in [-0.25, -0.2) is 9.59 Å². The van der Waals surface area contributed by atoms with Crippen LogP contribution < -0.4 is 22.9 Å². The summed E-state index contributed by atoms with van der Waals surface area (Å²) in [5.74, 6) is -3.76. The fourth-order valence-electron chi connectivity index (χ4n) is 5.27. The number of carbonyl (C=O) groups excluding carboxylic acids is 3. The minimum Gasteiger partial charge on any atom is -0.479 e. The minimum atomic E-state index is -2.45. The molecular formula is C33H65N5O7S. The van der Waals surface area contributed by atoms with E-state index in [4.69, 9.17) is 32.8 Å². The van der Waals surface area contributed by atoms with Crippen LogP contribution in [0, 0.1) is 0 Å². The number of nitrogens with zero attached hydrogens (tertiary/aromatic N) is 1. The Morgan fingerprint density at radius 2 is 1.26 bits per heavy atom. The van der Waals surface area contributed by atoms with Crippen LogP contribution in [0.3, 0.4) is 0 Å². The van der Waals surface area contributed by atoms with Gasteiger partial charge in [0.2, 0.25) is 5.54 Å². The third kappa shape index (κ3) is 18.0. The average Bonchev–Trinajstić information content (AvgIpc) is 3.04. The number of ketones is 1. The van der Waals surface area contributed by atoms with Gasteiger partial charge in [0, 0.05) is 6.42 Å². The summed E-state index contributed by atoms with van der Waals surface area (Å²) in [4.78, 5) is 63.2. The number of unbranched alkanes of at least 4 members (excludes halogenated alkanes) is 14. The molecule has 0 radical (unpaired) electrons. The van der Waals surface area contributed by atoms with E-state index in [1.165, 1.54) is 63.1 Å². The first kappa shape index (κ1) is 44.2. The Morgan fingerprint density at radius 1 is 0.739 bits per heavy atom. The van der Waals surface area contributed by atoms with Crippen LogP contribution in [-0.2, 0) is 29.1 Å². The van der Waals surface area contributed by atoms with E-state index in [9.17, 15) is 24.3 Å². The molecule has 0 bridgehead atoms. The lowest BCUT2D eigenvalue weighted by Gasteiger charge is -2.37. The van der Waals surface area contributed by atoms with E-state index in [0.717, 1.165) is 25.7 Å². The van der Waals surface area contributed by atoms with E-state index in [0.29, 0.717) is 43.0 Å². The quantitative estimate of drug-likeness (QED) is 0.0283. The molecule has 0 heterocycles. The summed E-state index contributed by atoms with van der Waals surface area (Å²) >= 11 is 1.45. The Labute approximate surface area is 281 Å². The van der Waals surface area contributed by atoms with Crippen molar-refractivity contribution in [2.24, 2.45) is 22.9 Å². The Hall–Kier alpha value is -1.77. The van der Waals surface area contributed by atoms with Crippen LogP contribution in [0.4, 0.5) is 0 Å². The summed E-state index contributed by atoms with van der Waals surface area (Å²) in [7, 11) is 0. The molecule has 0 unspecified atom stereocenters. The normalized spacial score (nSPS) is 14.0. The maximum absolute atomic E-state index is 13.8. The van der Waals surface area contributed by atoms with Gasteiger partial charge in [-0.1, -0.05) is 95.4 Å². The number of aliphatic carboxylic acids is 1. The highest BCUT2D eigenvalue weighted by Crippen LogP contribution is 2.29. The molecule has 270 valence electrons. The van der Waals surface area contributed by atoms with Gasteiger partial charge in [0.1, 0.15) is 6.04 Å². The topological polar surface area (TPSA) is 214 Å². The third-order valence-corrected chi connectivity index (χ3v) is 8.92. The molecule has 46 heavy (non-hydrogen) atoms. The first-order chi connectivity index (χ1) is 22.1. The second-order valence-corrected chi connectivity index (χ2v) is 13.2. The Morgan fingerprint density at radius 3 is 1.76 bits per heavy atom. The van der Waals surface area contributed by atoms with E-state index in [1.54, 1.807) is 0 Å². The molecule has 0 fully saturated rings. The Balaban J connectivity index is 5.57. The number of carboxylic acid groups (broad SMARTS) is 1. The van der Waals surface area contributed by atoms with Gasteiger partial charge in [0.15, 0.2) is 5.78 Å². The van der Waals surface area contributed by atoms with Crippen molar-refractivity contribution < 1.29 is 34.2 Å². The molecule has 0 aromatic carbocycles. The molecule has 0 aliphatic carbocycles. The summed E-state index contributed by atoms with van der Waals surface area (Å²) in [5, 5.41) is 10.9. The van der Waals surface area contributed by atoms with Crippen LogP contribution in [-0.4, -0.2) is 76.5 Å². The molecule has 3 atom stereocenters. The first-order valence-corrected chi connectivity index (χ1v) is 18.9. The summed E-state index contributed by atoms with van der Waals surface area (Å²) in [5.41, 5.74) is 20.8. The fourth-order valence-corrected chi connectivity index (χ4v) is 5.76. The van der Waals surface area contributed by atoms with E-state index in [-0.39, 0.29) is 38.6 Å². The van der Waals surface area contributed by atoms with Crippen LogP contribution in [0.1, 0.15) is 142 Å². The molecule has 0 aliphatic rings. The smallest absolute Gasteiger partial charge is 0.361 e. The number of hydrogen-bond acceptors (Lipinski definition) is 11. The van der Waals surface area contributed by atoms with Gasteiger partial charge < -0.3 is 28.0 Å². The molecule has 0 saturated heterocycles. The molecule has 13 heteroatoms. The Kier molecular flexibility index (Phi) is 27.2. The number of thioether (sulfide) groups is 1. The van der Waals surface area contributed by atoms with Crippen molar-refractivity contribution in [2.75, 3.05) is 25.1 Å². The molecule has 12 nitrogen and oxygen atoms in total. The molecule has 0 saturated carbocycles. The zero-order valence-corrected chi connectivity index (χ0v) is 29.5. The number of amides is 1. The largest absolute Gasteiger partial charge is 0.479 e. The second kappa shape index (κ2) is 28.3. The van der Waals surface area contributed by atoms with E-state index in [1.807, 2.05) is 6.26 Å². The molecule has 0 aromatic heterocycles.